The molecule has 5 nitrogen and oxygen atoms in total. The molecule has 1 aromatic carbocycles. The molecule has 0 radical (unpaired) electrons. The lowest BCUT2D eigenvalue weighted by Crippen LogP contribution is -2.42. The van der Waals surface area contributed by atoms with Crippen molar-refractivity contribution in [1.82, 2.24) is 15.5 Å². The quantitative estimate of drug-likeness (QED) is 0.643. The first-order chi connectivity index (χ1) is 11.2. The molecule has 0 aromatic heterocycles. The molecule has 0 unspecified atom stereocenters. The Bertz CT molecular complexity index is 573. The predicted octanol–water partition coefficient (Wildman–Crippen LogP) is 1.85. The number of aliphatic imine (C=N–C) groups is 1. The number of hydrogen-bond acceptors (Lipinski definition) is 3. The first-order valence-corrected chi connectivity index (χ1v) is 8.08. The Hall–Kier alpha value is -2.13. The van der Waals surface area contributed by atoms with Gasteiger partial charge in [-0.2, -0.15) is 5.26 Å². The fraction of sp³-hybridized carbons (Fsp3) is 0.529. The molecule has 1 fully saturated rings. The van der Waals surface area contributed by atoms with Crippen LogP contribution in [0.5, 0.6) is 0 Å². The van der Waals surface area contributed by atoms with Crippen LogP contribution in [0.2, 0.25) is 0 Å². The molecule has 2 rings (SSSR count). The van der Waals surface area contributed by atoms with E-state index in [0.717, 1.165) is 13.1 Å². The van der Waals surface area contributed by atoms with Gasteiger partial charge in [0.2, 0.25) is 0 Å². The highest BCUT2D eigenvalue weighted by atomic mass is 19.1. The summed E-state index contributed by atoms with van der Waals surface area (Å²) in [6, 6.07) is 6.38. The maximum atomic E-state index is 13.7. The average molecular weight is 317 g/mol. The van der Waals surface area contributed by atoms with Crippen molar-refractivity contribution in [2.24, 2.45) is 4.99 Å². The summed E-state index contributed by atoms with van der Waals surface area (Å²) in [4.78, 5) is 6.59. The molecular weight excluding hydrogens is 293 g/mol. The Morgan fingerprint density at radius 2 is 2.09 bits per heavy atom. The minimum Gasteiger partial charge on any atom is -0.355 e. The zero-order valence-corrected chi connectivity index (χ0v) is 13.6. The van der Waals surface area contributed by atoms with E-state index in [2.05, 4.69) is 20.5 Å². The Morgan fingerprint density at radius 1 is 1.30 bits per heavy atom. The highest BCUT2D eigenvalue weighted by Crippen LogP contribution is 2.10. The van der Waals surface area contributed by atoms with Gasteiger partial charge < -0.3 is 15.5 Å². The third kappa shape index (κ3) is 5.53. The predicted molar refractivity (Wildman–Crippen MR) is 89.6 cm³/mol. The second-order valence-corrected chi connectivity index (χ2v) is 5.67. The standard InChI is InChI=1S/C17H24FN5/c1-20-17(21-7-10-23-8-3-2-4-9-23)22-13-15-11-14(12-19)5-6-16(15)18/h5-6,11H,2-4,7-10,13H2,1H3,(H2,20,21,22). The highest BCUT2D eigenvalue weighted by Gasteiger charge is 2.10. The van der Waals surface area contributed by atoms with Crippen molar-refractivity contribution in [3.63, 3.8) is 0 Å². The Balaban J connectivity index is 1.77. The summed E-state index contributed by atoms with van der Waals surface area (Å²) >= 11 is 0. The summed E-state index contributed by atoms with van der Waals surface area (Å²) in [7, 11) is 1.69. The van der Waals surface area contributed by atoms with Gasteiger partial charge in [-0.05, 0) is 44.1 Å². The van der Waals surface area contributed by atoms with E-state index in [4.69, 9.17) is 5.26 Å². The number of guanidine groups is 1. The zero-order chi connectivity index (χ0) is 16.5. The van der Waals surface area contributed by atoms with Crippen LogP contribution in [0.15, 0.2) is 23.2 Å². The second kappa shape index (κ2) is 9.11. The maximum Gasteiger partial charge on any atom is 0.191 e. The number of rotatable bonds is 5. The van der Waals surface area contributed by atoms with Crippen LogP contribution in [0.1, 0.15) is 30.4 Å². The smallest absolute Gasteiger partial charge is 0.191 e. The van der Waals surface area contributed by atoms with Crippen molar-refractivity contribution in [1.29, 1.82) is 5.26 Å². The fourth-order valence-electron chi connectivity index (χ4n) is 2.69. The summed E-state index contributed by atoms with van der Waals surface area (Å²) in [6.07, 6.45) is 3.89. The topological polar surface area (TPSA) is 63.5 Å². The van der Waals surface area contributed by atoms with E-state index >= 15 is 0 Å². The monoisotopic (exact) mass is 317 g/mol. The molecule has 0 saturated carbocycles. The summed E-state index contributed by atoms with van der Waals surface area (Å²) in [5, 5.41) is 15.2. The van der Waals surface area contributed by atoms with E-state index in [9.17, 15) is 4.39 Å². The summed E-state index contributed by atoms with van der Waals surface area (Å²) in [5.41, 5.74) is 0.916. The number of nitriles is 1. The number of piperidine rings is 1. The van der Waals surface area contributed by atoms with Gasteiger partial charge in [0.15, 0.2) is 5.96 Å². The van der Waals surface area contributed by atoms with Crippen molar-refractivity contribution >= 4 is 5.96 Å². The Labute approximate surface area is 137 Å². The Kier molecular flexibility index (Phi) is 6.82. The zero-order valence-electron chi connectivity index (χ0n) is 13.6. The van der Waals surface area contributed by atoms with Gasteiger partial charge in [0, 0.05) is 32.2 Å². The molecule has 2 N–H and O–H groups in total. The van der Waals surface area contributed by atoms with Crippen molar-refractivity contribution in [3.05, 3.63) is 35.1 Å². The number of nitrogens with one attached hydrogen (secondary N) is 2. The van der Waals surface area contributed by atoms with Crippen LogP contribution >= 0.6 is 0 Å². The van der Waals surface area contributed by atoms with Crippen LogP contribution in [0.4, 0.5) is 4.39 Å². The molecule has 6 heteroatoms. The van der Waals surface area contributed by atoms with Crippen LogP contribution in [0.25, 0.3) is 0 Å². The van der Waals surface area contributed by atoms with E-state index in [-0.39, 0.29) is 5.82 Å². The molecule has 1 aromatic rings. The first-order valence-electron chi connectivity index (χ1n) is 8.08. The lowest BCUT2D eigenvalue weighted by atomic mass is 10.1. The van der Waals surface area contributed by atoms with Gasteiger partial charge in [0.05, 0.1) is 11.6 Å². The minimum atomic E-state index is -0.319. The molecule has 0 bridgehead atoms. The molecule has 0 atom stereocenters. The van der Waals surface area contributed by atoms with Gasteiger partial charge in [-0.1, -0.05) is 6.42 Å². The van der Waals surface area contributed by atoms with Gasteiger partial charge in [-0.25, -0.2) is 4.39 Å². The molecule has 124 valence electrons. The van der Waals surface area contributed by atoms with Crippen molar-refractivity contribution in [2.75, 3.05) is 33.2 Å². The SMILES string of the molecule is CN=C(NCCN1CCCCC1)NCc1cc(C#N)ccc1F. The van der Waals surface area contributed by atoms with Crippen molar-refractivity contribution in [2.45, 2.75) is 25.8 Å². The van der Waals surface area contributed by atoms with Gasteiger partial charge >= 0.3 is 0 Å². The highest BCUT2D eigenvalue weighted by molar-refractivity contribution is 5.79. The number of halogens is 1. The molecule has 1 heterocycles. The second-order valence-electron chi connectivity index (χ2n) is 5.67. The molecular formula is C17H24FN5. The summed E-state index contributed by atoms with van der Waals surface area (Å²) < 4.78 is 13.7. The van der Waals surface area contributed by atoms with Crippen LogP contribution in [-0.2, 0) is 6.54 Å². The fourth-order valence-corrected chi connectivity index (χ4v) is 2.69. The maximum absolute atomic E-state index is 13.7. The number of benzene rings is 1. The molecule has 0 aliphatic carbocycles. The lowest BCUT2D eigenvalue weighted by Gasteiger charge is -2.26. The third-order valence-corrected chi connectivity index (χ3v) is 4.01. The van der Waals surface area contributed by atoms with Gasteiger partial charge in [-0.15, -0.1) is 0 Å². The van der Waals surface area contributed by atoms with E-state index in [1.165, 1.54) is 44.5 Å². The van der Waals surface area contributed by atoms with Gasteiger partial charge in [-0.3, -0.25) is 4.99 Å². The molecule has 1 aliphatic heterocycles. The largest absolute Gasteiger partial charge is 0.355 e. The number of nitrogens with zero attached hydrogens (tertiary/aromatic N) is 3. The number of hydrogen-bond donors (Lipinski definition) is 2. The van der Waals surface area contributed by atoms with Crippen LogP contribution in [0.3, 0.4) is 0 Å². The third-order valence-electron chi connectivity index (χ3n) is 4.01. The van der Waals surface area contributed by atoms with E-state index in [1.807, 2.05) is 6.07 Å². The van der Waals surface area contributed by atoms with Crippen molar-refractivity contribution in [3.8, 4) is 6.07 Å². The molecule has 1 aliphatic rings. The molecule has 0 spiro atoms. The molecule has 0 amide bonds. The van der Waals surface area contributed by atoms with E-state index in [1.54, 1.807) is 13.1 Å². The average Bonchev–Trinajstić information content (AvgIpc) is 2.60. The van der Waals surface area contributed by atoms with Crippen molar-refractivity contribution < 1.29 is 4.39 Å². The van der Waals surface area contributed by atoms with Crippen LogP contribution in [-0.4, -0.2) is 44.1 Å². The van der Waals surface area contributed by atoms with Crippen LogP contribution < -0.4 is 10.6 Å². The van der Waals surface area contributed by atoms with E-state index in [0.29, 0.717) is 23.6 Å². The molecule has 23 heavy (non-hydrogen) atoms. The lowest BCUT2D eigenvalue weighted by molar-refractivity contribution is 0.232. The Morgan fingerprint density at radius 3 is 2.78 bits per heavy atom. The van der Waals surface area contributed by atoms with Gasteiger partial charge in [0.25, 0.3) is 0 Å². The van der Waals surface area contributed by atoms with Crippen LogP contribution in [0, 0.1) is 17.1 Å². The number of likely N-dealkylation sites (tertiary alicyclic amines) is 1. The summed E-state index contributed by atoms with van der Waals surface area (Å²) in [5.74, 6) is 0.323. The van der Waals surface area contributed by atoms with E-state index < -0.39 is 0 Å². The first kappa shape index (κ1) is 17.2. The normalized spacial score (nSPS) is 16.0. The minimum absolute atomic E-state index is 0.296. The molecule has 1 saturated heterocycles. The van der Waals surface area contributed by atoms with Gasteiger partial charge in [0.1, 0.15) is 5.82 Å². The summed E-state index contributed by atoms with van der Waals surface area (Å²) in [6.45, 7) is 4.42.